The number of carbonyl (C=O) groups excluding carboxylic acids is 2. The Kier molecular flexibility index (Phi) is 6.65. The van der Waals surface area contributed by atoms with Crippen molar-refractivity contribution in [1.29, 1.82) is 0 Å². The van der Waals surface area contributed by atoms with Crippen LogP contribution in [0.5, 0.6) is 0 Å². The third kappa shape index (κ3) is 5.35. The Labute approximate surface area is 182 Å². The van der Waals surface area contributed by atoms with Gasteiger partial charge in [-0.1, -0.05) is 23.3 Å². The molecule has 4 N–H and O–H groups in total. The van der Waals surface area contributed by atoms with Crippen molar-refractivity contribution in [3.63, 3.8) is 0 Å². The van der Waals surface area contributed by atoms with Crippen LogP contribution in [0.25, 0.3) is 0 Å². The number of rotatable bonds is 9. The quantitative estimate of drug-likeness (QED) is 0.230. The fourth-order valence-electron chi connectivity index (χ4n) is 2.78. The van der Waals surface area contributed by atoms with Crippen molar-refractivity contribution in [3.8, 4) is 0 Å². The number of carbonyl (C=O) groups is 2. The van der Waals surface area contributed by atoms with E-state index in [0.717, 1.165) is 6.26 Å². The Morgan fingerprint density at radius 3 is 2.50 bits per heavy atom. The maximum atomic E-state index is 12.6. The van der Waals surface area contributed by atoms with Crippen LogP contribution < -0.4 is 21.6 Å². The Bertz CT molecular complexity index is 1170. The summed E-state index contributed by atoms with van der Waals surface area (Å²) in [5.41, 5.74) is 4.93. The van der Waals surface area contributed by atoms with Crippen LogP contribution in [-0.2, 0) is 9.84 Å². The number of sulfone groups is 1. The highest BCUT2D eigenvalue weighted by Gasteiger charge is 2.23. The molecule has 0 radical (unpaired) electrons. The van der Waals surface area contributed by atoms with Crippen molar-refractivity contribution in [2.45, 2.75) is 4.90 Å². The molecule has 1 aliphatic heterocycles. The highest BCUT2D eigenvalue weighted by atomic mass is 32.2. The molecule has 0 aromatic heterocycles. The number of hydrazone groups is 1. The fraction of sp³-hybridized carbons (Fsp3) is 0.167. The molecule has 168 valence electrons. The van der Waals surface area contributed by atoms with Crippen LogP contribution in [0.1, 0.15) is 20.7 Å². The smallest absolute Gasteiger partial charge is 0.293 e. The average molecular weight is 461 g/mol. The van der Waals surface area contributed by atoms with E-state index in [9.17, 15) is 28.1 Å². The normalized spacial score (nSPS) is 13.2. The van der Waals surface area contributed by atoms with Gasteiger partial charge in [0.2, 0.25) is 0 Å². The number of para-hydroxylation sites is 1. The van der Waals surface area contributed by atoms with Gasteiger partial charge < -0.3 is 10.6 Å². The summed E-state index contributed by atoms with van der Waals surface area (Å²) in [5, 5.41) is 21.7. The number of anilines is 1. The van der Waals surface area contributed by atoms with E-state index in [1.165, 1.54) is 53.9 Å². The van der Waals surface area contributed by atoms with Crippen LogP contribution in [-0.4, -0.2) is 56.0 Å². The topological polar surface area (TPSA) is 175 Å². The Morgan fingerprint density at radius 2 is 1.91 bits per heavy atom. The highest BCUT2D eigenvalue weighted by Crippen LogP contribution is 2.28. The zero-order chi connectivity index (χ0) is 23.3. The van der Waals surface area contributed by atoms with Gasteiger partial charge in [-0.2, -0.15) is 5.10 Å². The van der Waals surface area contributed by atoms with Gasteiger partial charge in [0.1, 0.15) is 18.7 Å². The Morgan fingerprint density at radius 1 is 1.19 bits per heavy atom. The Balaban J connectivity index is 1.76. The fourth-order valence-corrected chi connectivity index (χ4v) is 3.41. The molecule has 3 rings (SSSR count). The molecule has 0 atom stereocenters. The zero-order valence-electron chi connectivity index (χ0n) is 16.7. The molecule has 0 saturated heterocycles. The van der Waals surface area contributed by atoms with Crippen molar-refractivity contribution < 1.29 is 22.9 Å². The number of nitro groups is 1. The second-order valence-corrected chi connectivity index (χ2v) is 8.63. The molecule has 32 heavy (non-hydrogen) atoms. The minimum absolute atomic E-state index is 0.00736. The molecule has 0 saturated carbocycles. The number of Topliss-reactive ketones (excluding diaryl/α,β-unsaturated/α-hetero) is 1. The molecule has 1 heterocycles. The molecule has 1 amide bonds. The molecule has 13 nitrogen and oxygen atoms in total. The lowest BCUT2D eigenvalue weighted by atomic mass is 10.1. The summed E-state index contributed by atoms with van der Waals surface area (Å²) in [6, 6.07) is 9.27. The SMILES string of the molecule is CS(=O)(=O)c1ccc(C(=O)CNc2c(C(=O)NCN3NC=NN3)cccc2[N+](=O)[O-])cc1. The predicted octanol–water partition coefficient (Wildman–Crippen LogP) is 0.249. The molecule has 14 heteroatoms. The Hall–Kier alpha value is -4.04. The van der Waals surface area contributed by atoms with Crippen LogP contribution in [0.3, 0.4) is 0 Å². The number of nitro benzene ring substituents is 1. The van der Waals surface area contributed by atoms with Gasteiger partial charge in [0.15, 0.2) is 15.6 Å². The van der Waals surface area contributed by atoms with Crippen LogP contribution in [0.15, 0.2) is 52.5 Å². The standard InChI is InChI=1S/C18H19N7O6S/c1-32(30,31)13-7-5-12(6-8-13)16(26)9-19-17-14(3-2-4-15(17)25(28)29)18(27)20-11-24-22-10-21-23-24/h2-8,10,19,23H,9,11H2,1H3,(H,20,27)(H,21,22). The predicted molar refractivity (Wildman–Crippen MR) is 114 cm³/mol. The summed E-state index contributed by atoms with van der Waals surface area (Å²) in [5.74, 6) is -1.06. The van der Waals surface area contributed by atoms with Gasteiger partial charge >= 0.3 is 0 Å². The summed E-state index contributed by atoms with van der Waals surface area (Å²) in [6.07, 6.45) is 2.41. The van der Waals surface area contributed by atoms with E-state index in [1.807, 2.05) is 0 Å². The minimum Gasteiger partial charge on any atom is -0.371 e. The van der Waals surface area contributed by atoms with Gasteiger partial charge in [-0.3, -0.25) is 25.1 Å². The monoisotopic (exact) mass is 461 g/mol. The van der Waals surface area contributed by atoms with E-state index in [-0.39, 0.29) is 40.6 Å². The summed E-state index contributed by atoms with van der Waals surface area (Å²) in [4.78, 5) is 36.0. The minimum atomic E-state index is -3.41. The maximum absolute atomic E-state index is 12.6. The first kappa shape index (κ1) is 22.6. The molecule has 2 aromatic rings. The van der Waals surface area contributed by atoms with Crippen LogP contribution in [0.2, 0.25) is 0 Å². The van der Waals surface area contributed by atoms with Crippen molar-refractivity contribution in [3.05, 3.63) is 63.7 Å². The average Bonchev–Trinajstić information content (AvgIpc) is 3.28. The summed E-state index contributed by atoms with van der Waals surface area (Å²) in [7, 11) is -3.41. The van der Waals surface area contributed by atoms with Crippen molar-refractivity contribution in [2.75, 3.05) is 24.8 Å². The summed E-state index contributed by atoms with van der Waals surface area (Å²) >= 11 is 0. The van der Waals surface area contributed by atoms with Gasteiger partial charge in [-0.25, -0.2) is 14.0 Å². The first-order valence-corrected chi connectivity index (χ1v) is 11.0. The van der Waals surface area contributed by atoms with Gasteiger partial charge in [-0.05, 0) is 18.2 Å². The number of hydrogen-bond acceptors (Lipinski definition) is 11. The van der Waals surface area contributed by atoms with Gasteiger partial charge in [0, 0.05) is 17.9 Å². The molecule has 0 bridgehead atoms. The van der Waals surface area contributed by atoms with Gasteiger partial charge in [0.25, 0.3) is 11.6 Å². The first-order valence-electron chi connectivity index (χ1n) is 9.10. The van der Waals surface area contributed by atoms with Gasteiger partial charge in [0.05, 0.1) is 21.9 Å². The second-order valence-electron chi connectivity index (χ2n) is 6.61. The number of ketones is 1. The zero-order valence-corrected chi connectivity index (χ0v) is 17.5. The molecule has 0 unspecified atom stereocenters. The molecule has 0 aliphatic carbocycles. The largest absolute Gasteiger partial charge is 0.371 e. The highest BCUT2D eigenvalue weighted by molar-refractivity contribution is 7.90. The van der Waals surface area contributed by atoms with E-state index >= 15 is 0 Å². The van der Waals surface area contributed by atoms with Crippen molar-refractivity contribution in [1.82, 2.24) is 21.4 Å². The van der Waals surface area contributed by atoms with Crippen LogP contribution in [0.4, 0.5) is 11.4 Å². The number of benzene rings is 2. The second kappa shape index (κ2) is 9.40. The molecule has 1 aliphatic rings. The van der Waals surface area contributed by atoms with E-state index in [4.69, 9.17) is 0 Å². The number of nitrogens with one attached hydrogen (secondary N) is 4. The number of nitrogens with zero attached hydrogens (tertiary/aromatic N) is 3. The molecule has 2 aromatic carbocycles. The lowest BCUT2D eigenvalue weighted by Crippen LogP contribution is -2.46. The summed E-state index contributed by atoms with van der Waals surface area (Å²) in [6.45, 7) is -0.362. The van der Waals surface area contributed by atoms with Gasteiger partial charge in [-0.15, -0.1) is 0 Å². The number of hydrogen-bond donors (Lipinski definition) is 4. The lowest BCUT2D eigenvalue weighted by molar-refractivity contribution is -0.384. The maximum Gasteiger partial charge on any atom is 0.293 e. The van der Waals surface area contributed by atoms with Crippen molar-refractivity contribution in [2.24, 2.45) is 5.10 Å². The van der Waals surface area contributed by atoms with Crippen molar-refractivity contribution >= 4 is 39.2 Å². The third-order valence-corrected chi connectivity index (χ3v) is 5.50. The molecular formula is C18H19N7O6S. The molecule has 0 fully saturated rings. The molecule has 0 spiro atoms. The lowest BCUT2D eigenvalue weighted by Gasteiger charge is -2.16. The third-order valence-electron chi connectivity index (χ3n) is 4.37. The van der Waals surface area contributed by atoms with Crippen LogP contribution >= 0.6 is 0 Å². The van der Waals surface area contributed by atoms with E-state index in [0.29, 0.717) is 0 Å². The van der Waals surface area contributed by atoms with E-state index in [1.54, 1.807) is 0 Å². The van der Waals surface area contributed by atoms with Crippen LogP contribution in [0, 0.1) is 10.1 Å². The first-order chi connectivity index (χ1) is 15.2. The number of hydrazine groups is 2. The molecular weight excluding hydrogens is 442 g/mol. The van der Waals surface area contributed by atoms with E-state index < -0.39 is 26.5 Å². The number of amides is 1. The van der Waals surface area contributed by atoms with E-state index in [2.05, 4.69) is 26.7 Å². The summed E-state index contributed by atoms with van der Waals surface area (Å²) < 4.78 is 23.1.